The topological polar surface area (TPSA) is 79.9 Å². The molecule has 1 aromatic heterocycles. The van der Waals surface area contributed by atoms with Crippen LogP contribution in [0, 0.1) is 20.1 Å². The van der Waals surface area contributed by atoms with Crippen molar-refractivity contribution in [2.75, 3.05) is 11.9 Å². The first kappa shape index (κ1) is 19.4. The lowest BCUT2D eigenvalue weighted by molar-refractivity contribution is 0.271. The van der Waals surface area contributed by atoms with E-state index in [-0.39, 0.29) is 6.61 Å². The van der Waals surface area contributed by atoms with Crippen LogP contribution < -0.4 is 5.32 Å². The molecule has 0 saturated carbocycles. The number of aliphatic hydroxyl groups excluding tert-OH is 1. The molecule has 0 unspecified atom stereocenters. The Morgan fingerprint density at radius 1 is 1.14 bits per heavy atom. The molecule has 2 aromatic carbocycles. The van der Waals surface area contributed by atoms with Gasteiger partial charge in [-0.3, -0.25) is 0 Å². The Morgan fingerprint density at radius 2 is 1.89 bits per heavy atom. The standard InChI is InChI=1S/C20H16ClN5O2/c1-12-15(8-9-16(23-3)18(12)21)24-17(10-11-27)20-26-25-19(28-20)13-4-6-14(22-2)7-5-13/h4-9,17,24,27H,10-11H2,1H3/t17-/m1/s1. The molecule has 0 fully saturated rings. The van der Waals surface area contributed by atoms with Gasteiger partial charge in [0.25, 0.3) is 0 Å². The van der Waals surface area contributed by atoms with E-state index < -0.39 is 6.04 Å². The third-order valence-electron chi connectivity index (χ3n) is 4.22. The van der Waals surface area contributed by atoms with Crippen LogP contribution in [0.4, 0.5) is 17.1 Å². The van der Waals surface area contributed by atoms with Gasteiger partial charge in [-0.15, -0.1) is 10.2 Å². The Hall–Kier alpha value is -3.39. The van der Waals surface area contributed by atoms with Gasteiger partial charge in [0.1, 0.15) is 6.04 Å². The molecule has 0 aliphatic rings. The minimum atomic E-state index is -0.428. The molecule has 2 N–H and O–H groups in total. The molecule has 3 aromatic rings. The average molecular weight is 394 g/mol. The Labute approximate surface area is 167 Å². The average Bonchev–Trinajstić information content (AvgIpc) is 3.21. The number of anilines is 1. The van der Waals surface area contributed by atoms with Gasteiger partial charge in [-0.25, -0.2) is 9.69 Å². The molecule has 0 amide bonds. The number of nitrogens with zero attached hydrogens (tertiary/aromatic N) is 4. The predicted octanol–water partition coefficient (Wildman–Crippen LogP) is 5.34. The van der Waals surface area contributed by atoms with Crippen molar-refractivity contribution in [3.05, 3.63) is 75.7 Å². The van der Waals surface area contributed by atoms with Gasteiger partial charge in [-0.1, -0.05) is 41.9 Å². The minimum absolute atomic E-state index is 0.0814. The molecule has 0 saturated heterocycles. The summed E-state index contributed by atoms with van der Waals surface area (Å²) in [6.07, 6.45) is 0.347. The zero-order valence-electron chi connectivity index (χ0n) is 15.0. The maximum absolute atomic E-state index is 9.44. The highest BCUT2D eigenvalue weighted by molar-refractivity contribution is 6.34. The molecule has 140 valence electrons. The number of aromatic nitrogens is 2. The second-order valence-electron chi connectivity index (χ2n) is 6.00. The third-order valence-corrected chi connectivity index (χ3v) is 4.69. The fraction of sp³-hybridized carbons (Fsp3) is 0.200. The number of hydrogen-bond donors (Lipinski definition) is 2. The van der Waals surface area contributed by atoms with Gasteiger partial charge in [0, 0.05) is 17.9 Å². The predicted molar refractivity (Wildman–Crippen MR) is 107 cm³/mol. The van der Waals surface area contributed by atoms with Crippen LogP contribution in [0.15, 0.2) is 40.8 Å². The maximum Gasteiger partial charge on any atom is 0.247 e. The minimum Gasteiger partial charge on any atom is -0.418 e. The summed E-state index contributed by atoms with van der Waals surface area (Å²) in [5.41, 5.74) is 3.06. The molecule has 1 atom stereocenters. The van der Waals surface area contributed by atoms with Gasteiger partial charge in [0.05, 0.1) is 18.2 Å². The molecule has 0 bridgehead atoms. The number of benzene rings is 2. The summed E-state index contributed by atoms with van der Waals surface area (Å²) < 4.78 is 5.79. The Kier molecular flexibility index (Phi) is 5.90. The van der Waals surface area contributed by atoms with E-state index in [1.807, 2.05) is 6.92 Å². The third kappa shape index (κ3) is 3.96. The molecule has 0 spiro atoms. The molecule has 7 nitrogen and oxygen atoms in total. The van der Waals surface area contributed by atoms with Crippen LogP contribution in [0.2, 0.25) is 5.02 Å². The fourth-order valence-electron chi connectivity index (χ4n) is 2.66. The normalized spacial score (nSPS) is 11.5. The lowest BCUT2D eigenvalue weighted by Crippen LogP contribution is -2.13. The second-order valence-corrected chi connectivity index (χ2v) is 6.37. The quantitative estimate of drug-likeness (QED) is 0.553. The summed E-state index contributed by atoms with van der Waals surface area (Å²) in [5, 5.41) is 21.3. The van der Waals surface area contributed by atoms with E-state index in [9.17, 15) is 5.11 Å². The monoisotopic (exact) mass is 393 g/mol. The van der Waals surface area contributed by atoms with Crippen LogP contribution in [-0.2, 0) is 0 Å². The number of hydrogen-bond acceptors (Lipinski definition) is 5. The molecular weight excluding hydrogens is 378 g/mol. The van der Waals surface area contributed by atoms with E-state index in [0.717, 1.165) is 11.3 Å². The lowest BCUT2D eigenvalue weighted by Gasteiger charge is -2.18. The summed E-state index contributed by atoms with van der Waals surface area (Å²) >= 11 is 6.24. The number of aliphatic hydroxyl groups is 1. The van der Waals surface area contributed by atoms with Gasteiger partial charge in [0.2, 0.25) is 17.5 Å². The zero-order chi connectivity index (χ0) is 20.1. The van der Waals surface area contributed by atoms with Gasteiger partial charge in [0.15, 0.2) is 5.69 Å². The summed E-state index contributed by atoms with van der Waals surface area (Å²) in [6.45, 7) is 15.9. The zero-order valence-corrected chi connectivity index (χ0v) is 15.7. The second kappa shape index (κ2) is 8.53. The molecule has 0 aliphatic carbocycles. The van der Waals surface area contributed by atoms with Crippen LogP contribution in [-0.4, -0.2) is 21.9 Å². The van der Waals surface area contributed by atoms with Crippen molar-refractivity contribution in [1.82, 2.24) is 10.2 Å². The number of rotatable bonds is 6. The number of nitrogens with one attached hydrogen (secondary N) is 1. The number of halogens is 1. The van der Waals surface area contributed by atoms with E-state index in [0.29, 0.717) is 40.2 Å². The van der Waals surface area contributed by atoms with Gasteiger partial charge >= 0.3 is 0 Å². The maximum atomic E-state index is 9.44. The molecule has 0 aliphatic heterocycles. The van der Waals surface area contributed by atoms with Gasteiger partial charge in [-0.05, 0) is 25.0 Å². The van der Waals surface area contributed by atoms with E-state index in [4.69, 9.17) is 29.2 Å². The molecular formula is C20H16ClN5O2. The summed E-state index contributed by atoms with van der Waals surface area (Å²) in [6, 6.07) is 9.82. The molecule has 0 radical (unpaired) electrons. The molecule has 3 rings (SSSR count). The van der Waals surface area contributed by atoms with E-state index in [1.54, 1.807) is 36.4 Å². The fourth-order valence-corrected chi connectivity index (χ4v) is 2.87. The van der Waals surface area contributed by atoms with Crippen molar-refractivity contribution in [2.24, 2.45) is 0 Å². The smallest absolute Gasteiger partial charge is 0.247 e. The van der Waals surface area contributed by atoms with Crippen LogP contribution in [0.5, 0.6) is 0 Å². The van der Waals surface area contributed by atoms with Crippen LogP contribution in [0.3, 0.4) is 0 Å². The Balaban J connectivity index is 1.87. The molecule has 8 heteroatoms. The van der Waals surface area contributed by atoms with Crippen molar-refractivity contribution in [2.45, 2.75) is 19.4 Å². The first-order valence-electron chi connectivity index (χ1n) is 8.42. The highest BCUT2D eigenvalue weighted by Gasteiger charge is 2.20. The molecule has 1 heterocycles. The van der Waals surface area contributed by atoms with Crippen LogP contribution >= 0.6 is 11.6 Å². The Morgan fingerprint density at radius 3 is 2.54 bits per heavy atom. The lowest BCUT2D eigenvalue weighted by atomic mass is 10.1. The van der Waals surface area contributed by atoms with Crippen molar-refractivity contribution in [3.63, 3.8) is 0 Å². The molecule has 28 heavy (non-hydrogen) atoms. The van der Waals surface area contributed by atoms with E-state index >= 15 is 0 Å². The van der Waals surface area contributed by atoms with Gasteiger partial charge < -0.3 is 14.8 Å². The summed E-state index contributed by atoms with van der Waals surface area (Å²) in [5.74, 6) is 0.650. The summed E-state index contributed by atoms with van der Waals surface area (Å²) in [4.78, 5) is 6.74. The van der Waals surface area contributed by atoms with Crippen LogP contribution in [0.1, 0.15) is 23.9 Å². The van der Waals surface area contributed by atoms with Crippen molar-refractivity contribution < 1.29 is 9.52 Å². The van der Waals surface area contributed by atoms with Crippen LogP contribution in [0.25, 0.3) is 21.1 Å². The van der Waals surface area contributed by atoms with E-state index in [2.05, 4.69) is 25.2 Å². The van der Waals surface area contributed by atoms with Crippen molar-refractivity contribution in [1.29, 1.82) is 0 Å². The highest BCUT2D eigenvalue weighted by atomic mass is 35.5. The van der Waals surface area contributed by atoms with Crippen molar-refractivity contribution >= 4 is 28.7 Å². The SMILES string of the molecule is [C-]#[N+]c1ccc(-c2nnc([C@@H](CCO)Nc3ccc([N+]#[C-])c(Cl)c3C)o2)cc1. The largest absolute Gasteiger partial charge is 0.418 e. The highest BCUT2D eigenvalue weighted by Crippen LogP contribution is 2.35. The first-order chi connectivity index (χ1) is 13.6. The summed E-state index contributed by atoms with van der Waals surface area (Å²) in [7, 11) is 0. The Bertz CT molecular complexity index is 1060. The van der Waals surface area contributed by atoms with E-state index in [1.165, 1.54) is 0 Å². The van der Waals surface area contributed by atoms with Gasteiger partial charge in [-0.2, -0.15) is 0 Å². The van der Waals surface area contributed by atoms with Crippen molar-refractivity contribution in [3.8, 4) is 11.5 Å². The first-order valence-corrected chi connectivity index (χ1v) is 8.80.